The number of hydrogen-bond acceptors (Lipinski definition) is 3. The second-order valence-electron chi connectivity index (χ2n) is 3.56. The van der Waals surface area contributed by atoms with Crippen LogP contribution in [-0.2, 0) is 4.79 Å². The van der Waals surface area contributed by atoms with Gasteiger partial charge in [-0.3, -0.25) is 9.69 Å². The molecule has 4 nitrogen and oxygen atoms in total. The van der Waals surface area contributed by atoms with Gasteiger partial charge in [0.05, 0.1) is 12.6 Å². The predicted octanol–water partition coefficient (Wildman–Crippen LogP) is -0.469. The molecule has 0 aromatic rings. The molecule has 0 aromatic carbocycles. The molecule has 4 heteroatoms. The molecular formula is C9H18N2O2. The summed E-state index contributed by atoms with van der Waals surface area (Å²) in [6.45, 7) is 7.26. The maximum Gasteiger partial charge on any atom is 0.236 e. The first-order chi connectivity index (χ1) is 6.13. The van der Waals surface area contributed by atoms with Crippen molar-refractivity contribution in [3.8, 4) is 0 Å². The van der Waals surface area contributed by atoms with E-state index in [9.17, 15) is 4.79 Å². The molecule has 1 heterocycles. The third-order valence-corrected chi connectivity index (χ3v) is 2.30. The zero-order chi connectivity index (χ0) is 9.84. The van der Waals surface area contributed by atoms with E-state index in [1.54, 1.807) is 6.92 Å². The maximum absolute atomic E-state index is 11.4. The average molecular weight is 186 g/mol. The Balaban J connectivity index is 2.37. The van der Waals surface area contributed by atoms with E-state index in [0.29, 0.717) is 13.1 Å². The van der Waals surface area contributed by atoms with Crippen molar-refractivity contribution in [1.29, 1.82) is 0 Å². The first kappa shape index (κ1) is 10.5. The Morgan fingerprint density at radius 2 is 2.23 bits per heavy atom. The lowest BCUT2D eigenvalue weighted by atomic mass is 10.2. The second-order valence-corrected chi connectivity index (χ2v) is 3.56. The number of aliphatic hydroxyl groups is 1. The first-order valence-corrected chi connectivity index (χ1v) is 4.81. The van der Waals surface area contributed by atoms with Gasteiger partial charge in [0.2, 0.25) is 5.91 Å². The third kappa shape index (κ3) is 2.97. The lowest BCUT2D eigenvalue weighted by molar-refractivity contribution is -0.136. The van der Waals surface area contributed by atoms with Crippen LogP contribution < -0.4 is 0 Å². The molecule has 0 bridgehead atoms. The summed E-state index contributed by atoms with van der Waals surface area (Å²) < 4.78 is 0. The van der Waals surface area contributed by atoms with Crippen molar-refractivity contribution in [2.24, 2.45) is 0 Å². The number of likely N-dealkylation sites (N-methyl/N-ethyl adjacent to an activating group) is 1. The van der Waals surface area contributed by atoms with E-state index in [-0.39, 0.29) is 12.0 Å². The van der Waals surface area contributed by atoms with Crippen LogP contribution in [0, 0.1) is 0 Å². The second kappa shape index (κ2) is 4.58. The van der Waals surface area contributed by atoms with Gasteiger partial charge in [0.1, 0.15) is 0 Å². The Bertz CT molecular complexity index is 182. The van der Waals surface area contributed by atoms with Crippen LogP contribution >= 0.6 is 0 Å². The van der Waals surface area contributed by atoms with Gasteiger partial charge in [0, 0.05) is 26.2 Å². The summed E-state index contributed by atoms with van der Waals surface area (Å²) in [5.41, 5.74) is 0. The minimum absolute atomic E-state index is 0.175. The standard InChI is InChI=1S/C9H18N2O2/c1-3-11-5-4-10(6-8(2)12)7-9(11)13/h8,12H,3-7H2,1-2H3. The fourth-order valence-corrected chi connectivity index (χ4v) is 1.62. The van der Waals surface area contributed by atoms with Crippen molar-refractivity contribution in [3.05, 3.63) is 0 Å². The van der Waals surface area contributed by atoms with Crippen molar-refractivity contribution >= 4 is 5.91 Å². The number of carbonyl (C=O) groups is 1. The van der Waals surface area contributed by atoms with Gasteiger partial charge >= 0.3 is 0 Å². The van der Waals surface area contributed by atoms with Gasteiger partial charge in [-0.15, -0.1) is 0 Å². The molecule has 0 saturated carbocycles. The molecule has 1 unspecified atom stereocenters. The van der Waals surface area contributed by atoms with E-state index < -0.39 is 0 Å². The molecule has 13 heavy (non-hydrogen) atoms. The number of piperazine rings is 1. The lowest BCUT2D eigenvalue weighted by Crippen LogP contribution is -2.51. The van der Waals surface area contributed by atoms with Gasteiger partial charge in [-0.1, -0.05) is 0 Å². The zero-order valence-corrected chi connectivity index (χ0v) is 8.36. The molecule has 1 fully saturated rings. The normalized spacial score (nSPS) is 22.1. The fourth-order valence-electron chi connectivity index (χ4n) is 1.62. The largest absolute Gasteiger partial charge is 0.392 e. The summed E-state index contributed by atoms with van der Waals surface area (Å²) >= 11 is 0. The molecular weight excluding hydrogens is 168 g/mol. The number of rotatable bonds is 3. The molecule has 1 saturated heterocycles. The van der Waals surface area contributed by atoms with Gasteiger partial charge in [-0.2, -0.15) is 0 Å². The van der Waals surface area contributed by atoms with E-state index in [2.05, 4.69) is 0 Å². The summed E-state index contributed by atoms with van der Waals surface area (Å²) in [7, 11) is 0. The fraction of sp³-hybridized carbons (Fsp3) is 0.889. The predicted molar refractivity (Wildman–Crippen MR) is 50.4 cm³/mol. The smallest absolute Gasteiger partial charge is 0.236 e. The van der Waals surface area contributed by atoms with Crippen molar-refractivity contribution in [2.75, 3.05) is 32.7 Å². The Labute approximate surface area is 79.1 Å². The Hall–Kier alpha value is -0.610. The number of nitrogens with zero attached hydrogens (tertiary/aromatic N) is 2. The van der Waals surface area contributed by atoms with Crippen molar-refractivity contribution in [1.82, 2.24) is 9.80 Å². The van der Waals surface area contributed by atoms with Crippen LogP contribution in [0.2, 0.25) is 0 Å². The van der Waals surface area contributed by atoms with Crippen LogP contribution in [-0.4, -0.2) is 59.6 Å². The molecule has 1 amide bonds. The zero-order valence-electron chi connectivity index (χ0n) is 8.36. The summed E-state index contributed by atoms with van der Waals surface area (Å²) in [6, 6.07) is 0. The summed E-state index contributed by atoms with van der Waals surface area (Å²) in [5.74, 6) is 0.175. The third-order valence-electron chi connectivity index (χ3n) is 2.30. The SMILES string of the molecule is CCN1CCN(CC(C)O)CC1=O. The summed E-state index contributed by atoms with van der Waals surface area (Å²) in [4.78, 5) is 15.3. The highest BCUT2D eigenvalue weighted by molar-refractivity contribution is 5.78. The van der Waals surface area contributed by atoms with E-state index in [4.69, 9.17) is 5.11 Å². The van der Waals surface area contributed by atoms with Crippen molar-refractivity contribution in [3.63, 3.8) is 0 Å². The van der Waals surface area contributed by atoms with Crippen molar-refractivity contribution < 1.29 is 9.90 Å². The minimum atomic E-state index is -0.346. The molecule has 1 atom stereocenters. The highest BCUT2D eigenvalue weighted by Crippen LogP contribution is 2.03. The molecule has 1 aliphatic heterocycles. The highest BCUT2D eigenvalue weighted by atomic mass is 16.3. The van der Waals surface area contributed by atoms with Crippen LogP contribution in [0.4, 0.5) is 0 Å². The molecule has 0 aliphatic carbocycles. The van der Waals surface area contributed by atoms with Gasteiger partial charge in [-0.05, 0) is 13.8 Å². The van der Waals surface area contributed by atoms with Crippen LogP contribution in [0.3, 0.4) is 0 Å². The molecule has 1 aliphatic rings. The Kier molecular flexibility index (Phi) is 3.69. The summed E-state index contributed by atoms with van der Waals surface area (Å²) in [5, 5.41) is 9.15. The number of β-amino-alcohol motifs (C(OH)–C–C–N with tert-alkyl or cyclic N) is 1. The molecule has 0 spiro atoms. The quantitative estimate of drug-likeness (QED) is 0.648. The minimum Gasteiger partial charge on any atom is -0.392 e. The highest BCUT2D eigenvalue weighted by Gasteiger charge is 2.22. The van der Waals surface area contributed by atoms with E-state index in [0.717, 1.165) is 19.6 Å². The van der Waals surface area contributed by atoms with E-state index in [1.165, 1.54) is 0 Å². The van der Waals surface area contributed by atoms with Crippen LogP contribution in [0.15, 0.2) is 0 Å². The van der Waals surface area contributed by atoms with Gasteiger partial charge < -0.3 is 10.0 Å². The summed E-state index contributed by atoms with van der Waals surface area (Å²) in [6.07, 6.45) is -0.346. The molecule has 0 aromatic heterocycles. The van der Waals surface area contributed by atoms with Gasteiger partial charge in [0.25, 0.3) is 0 Å². The number of carbonyl (C=O) groups excluding carboxylic acids is 1. The van der Waals surface area contributed by atoms with Crippen molar-refractivity contribution in [2.45, 2.75) is 20.0 Å². The number of aliphatic hydroxyl groups excluding tert-OH is 1. The lowest BCUT2D eigenvalue weighted by Gasteiger charge is -2.34. The van der Waals surface area contributed by atoms with Gasteiger partial charge in [0.15, 0.2) is 0 Å². The monoisotopic (exact) mass is 186 g/mol. The number of amides is 1. The topological polar surface area (TPSA) is 43.8 Å². The Morgan fingerprint density at radius 1 is 1.54 bits per heavy atom. The van der Waals surface area contributed by atoms with E-state index >= 15 is 0 Å². The van der Waals surface area contributed by atoms with Crippen LogP contribution in [0.5, 0.6) is 0 Å². The first-order valence-electron chi connectivity index (χ1n) is 4.81. The average Bonchev–Trinajstić information content (AvgIpc) is 2.03. The van der Waals surface area contributed by atoms with Crippen LogP contribution in [0.1, 0.15) is 13.8 Å². The Morgan fingerprint density at radius 3 is 2.69 bits per heavy atom. The molecule has 1 rings (SSSR count). The maximum atomic E-state index is 11.4. The molecule has 0 radical (unpaired) electrons. The number of hydrogen-bond donors (Lipinski definition) is 1. The molecule has 1 N–H and O–H groups in total. The molecule has 76 valence electrons. The van der Waals surface area contributed by atoms with Gasteiger partial charge in [-0.25, -0.2) is 0 Å². The van der Waals surface area contributed by atoms with E-state index in [1.807, 2.05) is 16.7 Å². The van der Waals surface area contributed by atoms with Crippen LogP contribution in [0.25, 0.3) is 0 Å².